The van der Waals surface area contributed by atoms with Crippen molar-refractivity contribution in [2.24, 2.45) is 5.92 Å². The number of nitrogens with one attached hydrogen (secondary N) is 2. The summed E-state index contributed by atoms with van der Waals surface area (Å²) in [7, 11) is 0. The lowest BCUT2D eigenvalue weighted by atomic mass is 10.0. The summed E-state index contributed by atoms with van der Waals surface area (Å²) >= 11 is 0. The molecule has 1 saturated heterocycles. The molecule has 0 spiro atoms. The highest BCUT2D eigenvalue weighted by molar-refractivity contribution is 5.80. The molecule has 0 radical (unpaired) electrons. The Morgan fingerprint density at radius 2 is 2.21 bits per heavy atom. The quantitative estimate of drug-likeness (QED) is 0.828. The summed E-state index contributed by atoms with van der Waals surface area (Å²) in [5, 5.41) is 14.7. The number of hydrogen-bond donors (Lipinski definition) is 2. The SMILES string of the molecule is CC(NC(=O)C1CNC1)c1nnc2n1CCCCC2. The lowest BCUT2D eigenvalue weighted by Gasteiger charge is -2.27. The predicted molar refractivity (Wildman–Crippen MR) is 70.5 cm³/mol. The molecular weight excluding hydrogens is 242 g/mol. The molecule has 3 rings (SSSR count). The van der Waals surface area contributed by atoms with Gasteiger partial charge < -0.3 is 15.2 Å². The van der Waals surface area contributed by atoms with E-state index in [2.05, 4.69) is 25.4 Å². The molecule has 1 atom stereocenters. The van der Waals surface area contributed by atoms with E-state index in [1.54, 1.807) is 0 Å². The van der Waals surface area contributed by atoms with Gasteiger partial charge in [0, 0.05) is 26.1 Å². The highest BCUT2D eigenvalue weighted by Gasteiger charge is 2.27. The Bertz CT molecular complexity index is 466. The van der Waals surface area contributed by atoms with Crippen LogP contribution in [0.4, 0.5) is 0 Å². The molecule has 0 saturated carbocycles. The van der Waals surface area contributed by atoms with Gasteiger partial charge in [-0.1, -0.05) is 6.42 Å². The maximum absolute atomic E-state index is 12.0. The Kier molecular flexibility index (Phi) is 3.50. The van der Waals surface area contributed by atoms with Crippen molar-refractivity contribution < 1.29 is 4.79 Å². The first-order valence-corrected chi connectivity index (χ1v) is 7.19. The molecule has 2 aliphatic rings. The number of aromatic nitrogens is 3. The summed E-state index contributed by atoms with van der Waals surface area (Å²) in [6.45, 7) is 4.54. The van der Waals surface area contributed by atoms with Crippen LogP contribution >= 0.6 is 0 Å². The number of carbonyl (C=O) groups excluding carboxylic acids is 1. The van der Waals surface area contributed by atoms with Crippen LogP contribution in [0.15, 0.2) is 0 Å². The number of rotatable bonds is 3. The monoisotopic (exact) mass is 263 g/mol. The summed E-state index contributed by atoms with van der Waals surface area (Å²) in [5.41, 5.74) is 0. The molecular formula is C13H21N5O. The third-order valence-corrected chi connectivity index (χ3v) is 4.04. The van der Waals surface area contributed by atoms with Crippen molar-refractivity contribution in [3.8, 4) is 0 Å². The summed E-state index contributed by atoms with van der Waals surface area (Å²) in [5.74, 6) is 2.21. The normalized spacial score (nSPS) is 21.1. The van der Waals surface area contributed by atoms with Crippen molar-refractivity contribution in [2.75, 3.05) is 13.1 Å². The topological polar surface area (TPSA) is 71.8 Å². The molecule has 0 aromatic carbocycles. The van der Waals surface area contributed by atoms with Crippen molar-refractivity contribution in [1.29, 1.82) is 0 Å². The number of aryl methyl sites for hydroxylation is 1. The lowest BCUT2D eigenvalue weighted by Crippen LogP contribution is -2.51. The molecule has 19 heavy (non-hydrogen) atoms. The number of hydrogen-bond acceptors (Lipinski definition) is 4. The van der Waals surface area contributed by atoms with E-state index < -0.39 is 0 Å². The molecule has 3 heterocycles. The zero-order chi connectivity index (χ0) is 13.2. The second kappa shape index (κ2) is 5.28. The molecule has 1 aromatic rings. The van der Waals surface area contributed by atoms with Gasteiger partial charge in [-0.3, -0.25) is 4.79 Å². The largest absolute Gasteiger partial charge is 0.346 e. The highest BCUT2D eigenvalue weighted by atomic mass is 16.2. The van der Waals surface area contributed by atoms with E-state index in [-0.39, 0.29) is 17.9 Å². The minimum absolute atomic E-state index is 0.0625. The Morgan fingerprint density at radius 1 is 1.37 bits per heavy atom. The first-order valence-electron chi connectivity index (χ1n) is 7.19. The third-order valence-electron chi connectivity index (χ3n) is 4.04. The fourth-order valence-corrected chi connectivity index (χ4v) is 2.70. The number of nitrogens with zero attached hydrogens (tertiary/aromatic N) is 3. The molecule has 0 bridgehead atoms. The van der Waals surface area contributed by atoms with Gasteiger partial charge in [-0.25, -0.2) is 0 Å². The van der Waals surface area contributed by atoms with E-state index in [0.717, 1.165) is 37.7 Å². The van der Waals surface area contributed by atoms with Crippen LogP contribution in [0.1, 0.15) is 43.9 Å². The van der Waals surface area contributed by atoms with E-state index >= 15 is 0 Å². The Balaban J connectivity index is 1.70. The summed E-state index contributed by atoms with van der Waals surface area (Å²) in [6, 6.07) is -0.0625. The van der Waals surface area contributed by atoms with Gasteiger partial charge in [0.2, 0.25) is 5.91 Å². The van der Waals surface area contributed by atoms with Gasteiger partial charge in [-0.05, 0) is 19.8 Å². The maximum atomic E-state index is 12.0. The molecule has 104 valence electrons. The van der Waals surface area contributed by atoms with E-state index in [1.165, 1.54) is 19.3 Å². The second-order valence-electron chi connectivity index (χ2n) is 5.52. The van der Waals surface area contributed by atoms with Gasteiger partial charge in [0.1, 0.15) is 5.82 Å². The van der Waals surface area contributed by atoms with Crippen molar-refractivity contribution in [1.82, 2.24) is 25.4 Å². The minimum atomic E-state index is -0.0625. The average Bonchev–Trinajstić information content (AvgIpc) is 2.56. The molecule has 1 fully saturated rings. The lowest BCUT2D eigenvalue weighted by molar-refractivity contribution is -0.127. The van der Waals surface area contributed by atoms with Gasteiger partial charge in [0.05, 0.1) is 12.0 Å². The van der Waals surface area contributed by atoms with Gasteiger partial charge in [-0.2, -0.15) is 0 Å². The second-order valence-corrected chi connectivity index (χ2v) is 5.52. The molecule has 0 aliphatic carbocycles. The van der Waals surface area contributed by atoms with Crippen LogP contribution in [0.3, 0.4) is 0 Å². The first-order chi connectivity index (χ1) is 9.25. The molecule has 1 unspecified atom stereocenters. The molecule has 2 aliphatic heterocycles. The van der Waals surface area contributed by atoms with E-state index in [0.29, 0.717) is 0 Å². The number of carbonyl (C=O) groups is 1. The molecule has 6 nitrogen and oxygen atoms in total. The van der Waals surface area contributed by atoms with Crippen molar-refractivity contribution in [3.05, 3.63) is 11.6 Å². The van der Waals surface area contributed by atoms with E-state index in [4.69, 9.17) is 0 Å². The van der Waals surface area contributed by atoms with Crippen LogP contribution in [0.5, 0.6) is 0 Å². The fourth-order valence-electron chi connectivity index (χ4n) is 2.70. The van der Waals surface area contributed by atoms with Gasteiger partial charge >= 0.3 is 0 Å². The first kappa shape index (κ1) is 12.6. The molecule has 2 N–H and O–H groups in total. The van der Waals surface area contributed by atoms with Crippen LogP contribution in [-0.4, -0.2) is 33.8 Å². The number of fused-ring (bicyclic) bond motifs is 1. The maximum Gasteiger partial charge on any atom is 0.226 e. The van der Waals surface area contributed by atoms with Gasteiger partial charge in [-0.15, -0.1) is 10.2 Å². The summed E-state index contributed by atoms with van der Waals surface area (Å²) in [4.78, 5) is 12.0. The Hall–Kier alpha value is -1.43. The predicted octanol–water partition coefficient (Wildman–Crippen LogP) is 0.401. The standard InChI is InChI=1S/C13H21N5O/c1-9(15-13(19)10-7-14-8-10)12-17-16-11-5-3-2-4-6-18(11)12/h9-10,14H,2-8H2,1H3,(H,15,19). The zero-order valence-corrected chi connectivity index (χ0v) is 11.4. The number of amides is 1. The Labute approximate surface area is 113 Å². The van der Waals surface area contributed by atoms with Crippen LogP contribution in [0.25, 0.3) is 0 Å². The van der Waals surface area contributed by atoms with Crippen molar-refractivity contribution >= 4 is 5.91 Å². The summed E-state index contributed by atoms with van der Waals surface area (Å²) < 4.78 is 2.19. The molecule has 1 aromatic heterocycles. The van der Waals surface area contributed by atoms with Gasteiger partial charge in [0.15, 0.2) is 5.82 Å². The van der Waals surface area contributed by atoms with E-state index in [9.17, 15) is 4.79 Å². The zero-order valence-electron chi connectivity index (χ0n) is 11.4. The third kappa shape index (κ3) is 2.49. The fraction of sp³-hybridized carbons (Fsp3) is 0.769. The van der Waals surface area contributed by atoms with E-state index in [1.807, 2.05) is 6.92 Å². The average molecular weight is 263 g/mol. The molecule has 6 heteroatoms. The Morgan fingerprint density at radius 3 is 2.95 bits per heavy atom. The van der Waals surface area contributed by atoms with Crippen molar-refractivity contribution in [2.45, 2.75) is 45.2 Å². The van der Waals surface area contributed by atoms with Crippen molar-refractivity contribution in [3.63, 3.8) is 0 Å². The van der Waals surface area contributed by atoms with Gasteiger partial charge in [0.25, 0.3) is 0 Å². The molecule has 1 amide bonds. The smallest absolute Gasteiger partial charge is 0.226 e. The van der Waals surface area contributed by atoms with Crippen LogP contribution in [0, 0.1) is 5.92 Å². The van der Waals surface area contributed by atoms with Crippen LogP contribution in [0.2, 0.25) is 0 Å². The van der Waals surface area contributed by atoms with Crippen LogP contribution in [-0.2, 0) is 17.8 Å². The minimum Gasteiger partial charge on any atom is -0.346 e. The summed E-state index contributed by atoms with van der Waals surface area (Å²) in [6.07, 6.45) is 4.61. The highest BCUT2D eigenvalue weighted by Crippen LogP contribution is 2.19. The van der Waals surface area contributed by atoms with Crippen LogP contribution < -0.4 is 10.6 Å².